The standard InChI is InChI=1S/C67H79NO9S2/c1-5-9-13-17-37-70-54-33-35-56(58(45-54)72-39-19-15-11-7-3)48-21-27-51(28-22-48)68(52-29-23-49(24-30-52)57-36-34-55(71-38-18-14-10-6-2)46-59(57)73-40-20-16-12-8-4)53-31-25-50(26-32-53)65-63-64(77-44-43-76-63)67(79-65)66-62-61(60(47-69)78-66)74-41-42-75-62/h21-36,45-47H,5-20,37-44H2,1-4H3. The molecule has 0 fully saturated rings. The molecule has 0 saturated carbocycles. The highest BCUT2D eigenvalue weighted by Gasteiger charge is 2.33. The van der Waals surface area contributed by atoms with E-state index in [-0.39, 0.29) is 0 Å². The van der Waals surface area contributed by atoms with Gasteiger partial charge >= 0.3 is 0 Å². The zero-order valence-corrected chi connectivity index (χ0v) is 48.5. The van der Waals surface area contributed by atoms with E-state index in [2.05, 4.69) is 142 Å². The summed E-state index contributed by atoms with van der Waals surface area (Å²) in [5, 5.41) is 0. The van der Waals surface area contributed by atoms with E-state index >= 15 is 0 Å². The highest BCUT2D eigenvalue weighted by Crippen LogP contribution is 2.59. The van der Waals surface area contributed by atoms with E-state index in [0.717, 1.165) is 127 Å². The van der Waals surface area contributed by atoms with Gasteiger partial charge in [-0.25, -0.2) is 0 Å². The lowest BCUT2D eigenvalue weighted by Gasteiger charge is -2.26. The molecule has 2 aliphatic heterocycles. The second-order valence-electron chi connectivity index (χ2n) is 20.3. The van der Waals surface area contributed by atoms with Crippen LogP contribution in [0.1, 0.15) is 140 Å². The molecule has 12 heteroatoms. The molecule has 2 aliphatic rings. The SMILES string of the molecule is CCCCCCOc1ccc(-c2ccc(N(c3ccc(-c4ccc(OCCCCCC)cc4OCCCCCC)cc3)c3ccc(-c4sc(-c5sc(C=O)c6c5OCCO6)c5c4OCCO5)cc3)cc2)c(OCCCCCC)c1. The molecule has 0 saturated heterocycles. The van der Waals surface area contributed by atoms with Crippen molar-refractivity contribution in [2.75, 3.05) is 57.8 Å². The van der Waals surface area contributed by atoms with Gasteiger partial charge in [0, 0.05) is 40.3 Å². The molecular formula is C67H79NO9S2. The Labute approximate surface area is 476 Å². The molecule has 10 nitrogen and oxygen atoms in total. The van der Waals surface area contributed by atoms with Crippen LogP contribution in [-0.4, -0.2) is 59.1 Å². The van der Waals surface area contributed by atoms with Crippen molar-refractivity contribution in [1.82, 2.24) is 0 Å². The van der Waals surface area contributed by atoms with Crippen molar-refractivity contribution in [3.63, 3.8) is 0 Å². The van der Waals surface area contributed by atoms with Gasteiger partial charge in [-0.2, -0.15) is 0 Å². The quantitative estimate of drug-likeness (QED) is 0.0300. The molecule has 79 heavy (non-hydrogen) atoms. The Morgan fingerprint density at radius 3 is 1.19 bits per heavy atom. The van der Waals surface area contributed by atoms with E-state index in [1.807, 2.05) is 0 Å². The van der Waals surface area contributed by atoms with E-state index in [1.54, 1.807) is 11.3 Å². The number of carbonyl (C=O) groups excluding carboxylic acids is 1. The second-order valence-corrected chi connectivity index (χ2v) is 22.4. The van der Waals surface area contributed by atoms with Crippen molar-refractivity contribution in [2.24, 2.45) is 0 Å². The number of anilines is 3. The molecule has 2 aromatic heterocycles. The van der Waals surface area contributed by atoms with Crippen molar-refractivity contribution in [2.45, 2.75) is 130 Å². The number of aldehydes is 1. The Morgan fingerprint density at radius 2 is 0.772 bits per heavy atom. The maximum atomic E-state index is 12.2. The number of ether oxygens (including phenoxy) is 8. The average molecular weight is 1110 g/mol. The van der Waals surface area contributed by atoms with Gasteiger partial charge in [-0.15, -0.1) is 22.7 Å². The lowest BCUT2D eigenvalue weighted by atomic mass is 10.0. The molecule has 418 valence electrons. The Hall–Kier alpha value is -6.63. The van der Waals surface area contributed by atoms with Crippen LogP contribution in [0.4, 0.5) is 17.1 Å². The number of fused-ring (bicyclic) bond motifs is 2. The molecule has 0 spiro atoms. The first-order valence-electron chi connectivity index (χ1n) is 29.2. The van der Waals surface area contributed by atoms with E-state index in [0.29, 0.717) is 80.7 Å². The van der Waals surface area contributed by atoms with Gasteiger partial charge in [0.1, 0.15) is 54.3 Å². The average Bonchev–Trinajstić information content (AvgIpc) is 4.10. The molecule has 5 aromatic carbocycles. The summed E-state index contributed by atoms with van der Waals surface area (Å²) in [5.41, 5.74) is 8.15. The molecular weight excluding hydrogens is 1030 g/mol. The molecule has 0 atom stereocenters. The first-order chi connectivity index (χ1) is 39.0. The first-order valence-corrected chi connectivity index (χ1v) is 30.9. The monoisotopic (exact) mass is 1110 g/mol. The molecule has 0 amide bonds. The maximum absolute atomic E-state index is 12.2. The van der Waals surface area contributed by atoms with Crippen LogP contribution in [0.3, 0.4) is 0 Å². The summed E-state index contributed by atoms with van der Waals surface area (Å²) >= 11 is 2.93. The number of thiophene rings is 2. The van der Waals surface area contributed by atoms with Gasteiger partial charge < -0.3 is 42.8 Å². The van der Waals surface area contributed by atoms with Crippen LogP contribution < -0.4 is 42.8 Å². The summed E-state index contributed by atoms with van der Waals surface area (Å²) in [7, 11) is 0. The third kappa shape index (κ3) is 14.6. The number of benzene rings is 5. The topological polar surface area (TPSA) is 94.2 Å². The fourth-order valence-corrected chi connectivity index (χ4v) is 12.4. The molecule has 0 bridgehead atoms. The van der Waals surface area contributed by atoms with Crippen LogP contribution in [0.15, 0.2) is 109 Å². The summed E-state index contributed by atoms with van der Waals surface area (Å²) in [6.07, 6.45) is 19.1. The Bertz CT molecular complexity index is 2880. The summed E-state index contributed by atoms with van der Waals surface area (Å²) < 4.78 is 50.4. The van der Waals surface area contributed by atoms with Crippen LogP contribution in [-0.2, 0) is 0 Å². The smallest absolute Gasteiger partial charge is 0.183 e. The van der Waals surface area contributed by atoms with Gasteiger partial charge in [0.25, 0.3) is 0 Å². The van der Waals surface area contributed by atoms with Crippen molar-refractivity contribution in [1.29, 1.82) is 0 Å². The zero-order valence-electron chi connectivity index (χ0n) is 46.9. The van der Waals surface area contributed by atoms with Crippen LogP contribution >= 0.6 is 22.7 Å². The molecule has 7 aromatic rings. The molecule has 0 N–H and O–H groups in total. The van der Waals surface area contributed by atoms with Crippen LogP contribution in [0.25, 0.3) is 42.4 Å². The van der Waals surface area contributed by atoms with Crippen molar-refractivity contribution in [3.05, 3.63) is 114 Å². The van der Waals surface area contributed by atoms with Gasteiger partial charge in [0.15, 0.2) is 29.3 Å². The van der Waals surface area contributed by atoms with Gasteiger partial charge in [0.2, 0.25) is 0 Å². The fourth-order valence-electron chi connectivity index (χ4n) is 10.0. The number of hydrogen-bond donors (Lipinski definition) is 0. The third-order valence-corrected chi connectivity index (χ3v) is 16.8. The third-order valence-electron chi connectivity index (χ3n) is 14.3. The second kappa shape index (κ2) is 29.5. The molecule has 0 unspecified atom stereocenters. The summed E-state index contributed by atoms with van der Waals surface area (Å²) in [6, 6.07) is 38.7. The first kappa shape index (κ1) is 57.1. The Morgan fingerprint density at radius 1 is 0.405 bits per heavy atom. The normalized spacial score (nSPS) is 12.6. The lowest BCUT2D eigenvalue weighted by Crippen LogP contribution is -2.16. The minimum Gasteiger partial charge on any atom is -0.493 e. The van der Waals surface area contributed by atoms with Gasteiger partial charge in [-0.3, -0.25) is 4.79 Å². The Kier molecular flexibility index (Phi) is 21.3. The predicted octanol–water partition coefficient (Wildman–Crippen LogP) is 19.1. The summed E-state index contributed by atoms with van der Waals surface area (Å²) in [4.78, 5) is 17.6. The van der Waals surface area contributed by atoms with Crippen LogP contribution in [0.5, 0.6) is 46.0 Å². The predicted molar refractivity (Wildman–Crippen MR) is 325 cm³/mol. The summed E-state index contributed by atoms with van der Waals surface area (Å²) in [6.45, 7) is 13.3. The van der Waals surface area contributed by atoms with E-state index < -0.39 is 0 Å². The van der Waals surface area contributed by atoms with Gasteiger partial charge in [0.05, 0.1) is 41.1 Å². The van der Waals surface area contributed by atoms with Crippen molar-refractivity contribution < 1.29 is 42.7 Å². The Balaban J connectivity index is 1.05. The number of unbranched alkanes of at least 4 members (excludes halogenated alkanes) is 12. The van der Waals surface area contributed by atoms with E-state index in [1.165, 1.54) is 75.5 Å². The lowest BCUT2D eigenvalue weighted by molar-refractivity contribution is 0.111. The van der Waals surface area contributed by atoms with E-state index in [9.17, 15) is 4.79 Å². The fraction of sp³-hybridized carbons (Fsp3) is 0.418. The maximum Gasteiger partial charge on any atom is 0.183 e. The number of rotatable bonds is 32. The molecule has 0 aliphatic carbocycles. The van der Waals surface area contributed by atoms with Crippen LogP contribution in [0, 0.1) is 0 Å². The zero-order chi connectivity index (χ0) is 54.6. The molecule has 0 radical (unpaired) electrons. The minimum atomic E-state index is 0.394. The van der Waals surface area contributed by atoms with Crippen molar-refractivity contribution in [3.8, 4) is 88.4 Å². The molecule has 4 heterocycles. The number of nitrogens with zero attached hydrogens (tertiary/aromatic N) is 1. The number of hydrogen-bond acceptors (Lipinski definition) is 12. The largest absolute Gasteiger partial charge is 0.493 e. The van der Waals surface area contributed by atoms with Gasteiger partial charge in [-0.05, 0) is 103 Å². The molecule has 9 rings (SSSR count). The highest BCUT2D eigenvalue weighted by molar-refractivity contribution is 7.25. The van der Waals surface area contributed by atoms with Gasteiger partial charge in [-0.1, -0.05) is 141 Å². The minimum absolute atomic E-state index is 0.394. The number of carbonyl (C=O) groups is 1. The van der Waals surface area contributed by atoms with Crippen LogP contribution in [0.2, 0.25) is 0 Å². The highest BCUT2D eigenvalue weighted by atomic mass is 32.1. The summed E-state index contributed by atoms with van der Waals surface area (Å²) in [5.74, 6) is 5.80. The van der Waals surface area contributed by atoms with Crippen molar-refractivity contribution >= 4 is 46.0 Å². The van der Waals surface area contributed by atoms with E-state index in [4.69, 9.17) is 37.9 Å².